The third-order valence-corrected chi connectivity index (χ3v) is 8.14. The Morgan fingerprint density at radius 3 is 2.45 bits per heavy atom. The van der Waals surface area contributed by atoms with Crippen LogP contribution in [0.3, 0.4) is 0 Å². The number of benzene rings is 4. The molecule has 0 aromatic heterocycles. The van der Waals surface area contributed by atoms with E-state index in [-0.39, 0.29) is 18.1 Å². The molecule has 0 aliphatic carbocycles. The average molecular weight is 543 g/mol. The molecule has 1 spiro atoms. The molecule has 0 radical (unpaired) electrons. The number of alkyl halides is 3. The summed E-state index contributed by atoms with van der Waals surface area (Å²) in [5.74, 6) is 0.963. The summed E-state index contributed by atoms with van der Waals surface area (Å²) in [6.07, 6.45) is -3.77. The van der Waals surface area contributed by atoms with Gasteiger partial charge in [0.25, 0.3) is 0 Å². The van der Waals surface area contributed by atoms with Crippen LogP contribution < -0.4 is 15.0 Å². The van der Waals surface area contributed by atoms with Gasteiger partial charge in [0.15, 0.2) is 5.60 Å². The fourth-order valence-corrected chi connectivity index (χ4v) is 6.21. The number of esters is 1. The molecule has 1 saturated heterocycles. The van der Waals surface area contributed by atoms with E-state index in [0.29, 0.717) is 22.7 Å². The number of para-hydroxylation sites is 1. The lowest BCUT2D eigenvalue weighted by atomic mass is 9.77. The Bertz CT molecular complexity index is 1650. The van der Waals surface area contributed by atoms with E-state index in [1.54, 1.807) is 12.1 Å². The topological polar surface area (TPSA) is 50.8 Å². The lowest BCUT2D eigenvalue weighted by Crippen LogP contribution is -2.39. The number of halogens is 3. The van der Waals surface area contributed by atoms with Crippen molar-refractivity contribution in [2.75, 3.05) is 16.8 Å². The van der Waals surface area contributed by atoms with Gasteiger partial charge >= 0.3 is 12.1 Å². The molecule has 5 nitrogen and oxygen atoms in total. The van der Waals surface area contributed by atoms with Crippen molar-refractivity contribution in [1.29, 1.82) is 0 Å². The van der Waals surface area contributed by atoms with Gasteiger partial charge in [-0.25, -0.2) is 4.79 Å². The van der Waals surface area contributed by atoms with Crippen molar-refractivity contribution >= 4 is 17.3 Å². The SMILES string of the molecule is CC1CCN(c2ccc3c(c2)Oc2ccccc2C32OC(=O)c3ccccc32)C1Nc1cccc(C(F)(F)F)c1. The number of nitrogens with zero attached hydrogens (tertiary/aromatic N) is 1. The fraction of sp³-hybridized carbons (Fsp3) is 0.219. The van der Waals surface area contributed by atoms with Crippen molar-refractivity contribution in [2.24, 2.45) is 5.92 Å². The largest absolute Gasteiger partial charge is 0.456 e. The molecule has 3 aliphatic rings. The van der Waals surface area contributed by atoms with E-state index in [0.717, 1.165) is 47.5 Å². The van der Waals surface area contributed by atoms with Gasteiger partial charge in [-0.2, -0.15) is 13.2 Å². The minimum absolute atomic E-state index is 0.182. The zero-order valence-electron chi connectivity index (χ0n) is 21.5. The monoisotopic (exact) mass is 542 g/mol. The van der Waals surface area contributed by atoms with Gasteiger partial charge < -0.3 is 19.7 Å². The molecule has 1 N–H and O–H groups in total. The summed E-state index contributed by atoms with van der Waals surface area (Å²) < 4.78 is 52.6. The first-order valence-corrected chi connectivity index (χ1v) is 13.2. The average Bonchev–Trinajstić information content (AvgIpc) is 3.46. The van der Waals surface area contributed by atoms with Gasteiger partial charge in [0.1, 0.15) is 17.7 Å². The molecule has 0 bridgehead atoms. The van der Waals surface area contributed by atoms with E-state index < -0.39 is 17.3 Å². The van der Waals surface area contributed by atoms with Crippen LogP contribution in [0.2, 0.25) is 0 Å². The second-order valence-corrected chi connectivity index (χ2v) is 10.5. The highest BCUT2D eigenvalue weighted by Crippen LogP contribution is 2.56. The summed E-state index contributed by atoms with van der Waals surface area (Å²) >= 11 is 0. The third-order valence-electron chi connectivity index (χ3n) is 8.14. The van der Waals surface area contributed by atoms with Crippen molar-refractivity contribution in [3.8, 4) is 11.5 Å². The number of rotatable bonds is 3. The number of carbonyl (C=O) groups is 1. The number of carbonyl (C=O) groups excluding carboxylic acids is 1. The minimum Gasteiger partial charge on any atom is -0.456 e. The van der Waals surface area contributed by atoms with Crippen LogP contribution in [-0.4, -0.2) is 18.7 Å². The van der Waals surface area contributed by atoms with E-state index in [9.17, 15) is 18.0 Å². The molecule has 3 atom stereocenters. The van der Waals surface area contributed by atoms with Crippen molar-refractivity contribution in [1.82, 2.24) is 0 Å². The van der Waals surface area contributed by atoms with Crippen LogP contribution in [0.4, 0.5) is 24.5 Å². The number of ether oxygens (including phenoxy) is 2. The lowest BCUT2D eigenvalue weighted by molar-refractivity contribution is -0.137. The summed E-state index contributed by atoms with van der Waals surface area (Å²) in [4.78, 5) is 15.2. The van der Waals surface area contributed by atoms with E-state index in [4.69, 9.17) is 9.47 Å². The molecule has 0 saturated carbocycles. The Morgan fingerprint density at radius 2 is 1.62 bits per heavy atom. The molecule has 3 heterocycles. The lowest BCUT2D eigenvalue weighted by Gasteiger charge is -2.37. The Labute approximate surface area is 229 Å². The first-order valence-electron chi connectivity index (χ1n) is 13.2. The molecule has 3 aliphatic heterocycles. The van der Waals surface area contributed by atoms with Gasteiger partial charge in [0, 0.05) is 40.7 Å². The van der Waals surface area contributed by atoms with Gasteiger partial charge in [-0.15, -0.1) is 0 Å². The van der Waals surface area contributed by atoms with E-state index in [2.05, 4.69) is 17.1 Å². The van der Waals surface area contributed by atoms with Crippen LogP contribution in [-0.2, 0) is 16.5 Å². The highest BCUT2D eigenvalue weighted by atomic mass is 19.4. The maximum Gasteiger partial charge on any atom is 0.416 e. The molecule has 0 amide bonds. The zero-order chi connectivity index (χ0) is 27.6. The number of hydrogen-bond acceptors (Lipinski definition) is 5. The molecule has 8 heteroatoms. The van der Waals surface area contributed by atoms with Crippen molar-refractivity contribution < 1.29 is 27.4 Å². The van der Waals surface area contributed by atoms with Crippen LogP contribution in [0.25, 0.3) is 0 Å². The van der Waals surface area contributed by atoms with Crippen LogP contribution in [0.1, 0.15) is 46.0 Å². The quantitative estimate of drug-likeness (QED) is 0.271. The highest BCUT2D eigenvalue weighted by Gasteiger charge is 2.53. The number of hydrogen-bond donors (Lipinski definition) is 1. The van der Waals surface area contributed by atoms with Gasteiger partial charge in [-0.05, 0) is 54.8 Å². The standard InChI is InChI=1S/C32H25F3N2O3/c1-19-15-16-37(29(19)36-21-8-6-7-20(17-21)32(33,34)35)22-13-14-26-28(18-22)39-27-12-5-4-11-25(27)31(26)24-10-3-2-9-23(24)30(38)40-31/h2-14,17-19,29,36H,15-16H2,1H3. The van der Waals surface area contributed by atoms with Crippen LogP contribution in [0.5, 0.6) is 11.5 Å². The van der Waals surface area contributed by atoms with Gasteiger partial charge in [0.05, 0.1) is 11.1 Å². The molecule has 202 valence electrons. The summed E-state index contributed by atoms with van der Waals surface area (Å²) in [7, 11) is 0. The first kappa shape index (κ1) is 24.6. The summed E-state index contributed by atoms with van der Waals surface area (Å²) in [5.41, 5.74) is 2.22. The van der Waals surface area contributed by atoms with E-state index in [1.807, 2.05) is 60.7 Å². The normalized spacial score (nSPS) is 22.8. The smallest absolute Gasteiger partial charge is 0.416 e. The van der Waals surface area contributed by atoms with Crippen LogP contribution in [0, 0.1) is 5.92 Å². The maximum atomic E-state index is 13.3. The van der Waals surface area contributed by atoms with Crippen LogP contribution in [0.15, 0.2) is 91.0 Å². The Morgan fingerprint density at radius 1 is 0.875 bits per heavy atom. The Kier molecular flexibility index (Phi) is 5.39. The Balaban J connectivity index is 1.29. The minimum atomic E-state index is -4.41. The summed E-state index contributed by atoms with van der Waals surface area (Å²) in [5, 5.41) is 3.33. The van der Waals surface area contributed by atoms with Gasteiger partial charge in [-0.1, -0.05) is 49.4 Å². The van der Waals surface area contributed by atoms with Gasteiger partial charge in [0.2, 0.25) is 0 Å². The van der Waals surface area contributed by atoms with Crippen molar-refractivity contribution in [2.45, 2.75) is 31.3 Å². The van der Waals surface area contributed by atoms with Gasteiger partial charge in [-0.3, -0.25) is 0 Å². The number of nitrogens with one attached hydrogen (secondary N) is 1. The number of fused-ring (bicyclic) bond motifs is 6. The number of anilines is 2. The third kappa shape index (κ3) is 3.66. The second kappa shape index (κ2) is 8.78. The summed E-state index contributed by atoms with van der Waals surface area (Å²) in [6, 6.07) is 26.1. The molecule has 4 aromatic rings. The molecular weight excluding hydrogens is 517 g/mol. The molecular formula is C32H25F3N2O3. The molecule has 1 fully saturated rings. The van der Waals surface area contributed by atoms with E-state index >= 15 is 0 Å². The molecule has 40 heavy (non-hydrogen) atoms. The molecule has 4 aromatic carbocycles. The predicted molar refractivity (Wildman–Crippen MR) is 145 cm³/mol. The molecule has 3 unspecified atom stereocenters. The second-order valence-electron chi connectivity index (χ2n) is 10.5. The fourth-order valence-electron chi connectivity index (χ4n) is 6.21. The zero-order valence-corrected chi connectivity index (χ0v) is 21.5. The predicted octanol–water partition coefficient (Wildman–Crippen LogP) is 7.56. The maximum absolute atomic E-state index is 13.3. The van der Waals surface area contributed by atoms with Crippen molar-refractivity contribution in [3.63, 3.8) is 0 Å². The first-order chi connectivity index (χ1) is 19.3. The van der Waals surface area contributed by atoms with Crippen molar-refractivity contribution in [3.05, 3.63) is 119 Å². The van der Waals surface area contributed by atoms with E-state index in [1.165, 1.54) is 6.07 Å². The van der Waals surface area contributed by atoms with Crippen LogP contribution >= 0.6 is 0 Å². The molecule has 7 rings (SSSR count). The Hall–Kier alpha value is -4.46. The highest BCUT2D eigenvalue weighted by molar-refractivity contribution is 5.97. The summed E-state index contributed by atoms with van der Waals surface area (Å²) in [6.45, 7) is 2.80.